The Labute approximate surface area is 121 Å². The van der Waals surface area contributed by atoms with Gasteiger partial charge in [0.05, 0.1) is 18.7 Å². The molecular weight excluding hydrogens is 276 g/mol. The smallest absolute Gasteiger partial charge is 0.255 e. The molecule has 1 aromatic carbocycles. The molecule has 6 heteroatoms. The Morgan fingerprint density at radius 1 is 1.50 bits per heavy atom. The maximum atomic E-state index is 12.2. The van der Waals surface area contributed by atoms with Gasteiger partial charge in [0.1, 0.15) is 5.01 Å². The molecule has 0 saturated heterocycles. The summed E-state index contributed by atoms with van der Waals surface area (Å²) in [6.45, 7) is 3.76. The second kappa shape index (κ2) is 5.92. The average Bonchev–Trinajstić information content (AvgIpc) is 2.85. The number of phenolic OH excluding ortho intramolecular Hbond substituents is 1. The number of aromatic nitrogens is 1. The minimum Gasteiger partial charge on any atom is -0.504 e. The Bertz CT molecular complexity index is 625. The molecule has 0 bridgehead atoms. The van der Waals surface area contributed by atoms with Gasteiger partial charge in [-0.25, -0.2) is 4.98 Å². The third-order valence-corrected chi connectivity index (χ3v) is 3.96. The highest BCUT2D eigenvalue weighted by Crippen LogP contribution is 2.29. The Hall–Kier alpha value is -2.08. The van der Waals surface area contributed by atoms with Crippen molar-refractivity contribution >= 4 is 17.2 Å². The number of para-hydroxylation sites is 1. The SMILES string of the molecule is COc1cccc(C(=O)NC(C)c2nc(C)cs2)c1O. The van der Waals surface area contributed by atoms with Gasteiger partial charge in [-0.3, -0.25) is 4.79 Å². The van der Waals surface area contributed by atoms with E-state index in [0.717, 1.165) is 10.7 Å². The van der Waals surface area contributed by atoms with Crippen LogP contribution in [0.3, 0.4) is 0 Å². The van der Waals surface area contributed by atoms with E-state index >= 15 is 0 Å². The van der Waals surface area contributed by atoms with Crippen molar-refractivity contribution in [1.29, 1.82) is 0 Å². The predicted octanol–water partition coefficient (Wildman–Crippen LogP) is 2.66. The van der Waals surface area contributed by atoms with Crippen LogP contribution in [0.1, 0.15) is 34.0 Å². The monoisotopic (exact) mass is 292 g/mol. The van der Waals surface area contributed by atoms with Gasteiger partial charge < -0.3 is 15.2 Å². The molecule has 5 nitrogen and oxygen atoms in total. The van der Waals surface area contributed by atoms with Crippen molar-refractivity contribution < 1.29 is 14.6 Å². The summed E-state index contributed by atoms with van der Waals surface area (Å²) < 4.78 is 4.99. The molecule has 0 aliphatic heterocycles. The summed E-state index contributed by atoms with van der Waals surface area (Å²) in [5.74, 6) is -0.243. The Morgan fingerprint density at radius 3 is 2.85 bits per heavy atom. The number of methoxy groups -OCH3 is 1. The van der Waals surface area contributed by atoms with E-state index in [4.69, 9.17) is 4.74 Å². The number of hydrogen-bond acceptors (Lipinski definition) is 5. The fraction of sp³-hybridized carbons (Fsp3) is 0.286. The molecule has 2 aromatic rings. The lowest BCUT2D eigenvalue weighted by Crippen LogP contribution is -2.26. The van der Waals surface area contributed by atoms with Crippen molar-refractivity contribution in [2.75, 3.05) is 7.11 Å². The third kappa shape index (κ3) is 2.91. The minimum absolute atomic E-state index is 0.157. The van der Waals surface area contributed by atoms with Crippen molar-refractivity contribution in [3.63, 3.8) is 0 Å². The number of carbonyl (C=O) groups excluding carboxylic acids is 1. The molecule has 106 valence electrons. The largest absolute Gasteiger partial charge is 0.504 e. The van der Waals surface area contributed by atoms with Crippen LogP contribution >= 0.6 is 11.3 Å². The minimum atomic E-state index is -0.359. The molecule has 1 heterocycles. The van der Waals surface area contributed by atoms with Gasteiger partial charge in [0.25, 0.3) is 5.91 Å². The number of nitrogens with one attached hydrogen (secondary N) is 1. The number of rotatable bonds is 4. The lowest BCUT2D eigenvalue weighted by molar-refractivity contribution is 0.0936. The maximum Gasteiger partial charge on any atom is 0.255 e. The van der Waals surface area contributed by atoms with Gasteiger partial charge in [0.2, 0.25) is 0 Å². The lowest BCUT2D eigenvalue weighted by atomic mass is 10.1. The maximum absolute atomic E-state index is 12.2. The van der Waals surface area contributed by atoms with Crippen LogP contribution in [0.25, 0.3) is 0 Å². The molecule has 2 N–H and O–H groups in total. The number of phenols is 1. The highest BCUT2D eigenvalue weighted by Gasteiger charge is 2.18. The van der Waals surface area contributed by atoms with Gasteiger partial charge in [0, 0.05) is 11.1 Å². The average molecular weight is 292 g/mol. The Morgan fingerprint density at radius 2 is 2.25 bits per heavy atom. The third-order valence-electron chi connectivity index (χ3n) is 2.82. The van der Waals surface area contributed by atoms with Crippen LogP contribution in [-0.4, -0.2) is 23.1 Å². The normalized spacial score (nSPS) is 11.9. The quantitative estimate of drug-likeness (QED) is 0.908. The molecule has 1 unspecified atom stereocenters. The predicted molar refractivity (Wildman–Crippen MR) is 77.4 cm³/mol. The number of thiazole rings is 1. The first kappa shape index (κ1) is 14.3. The van der Waals surface area contributed by atoms with Crippen LogP contribution in [0.4, 0.5) is 0 Å². The summed E-state index contributed by atoms with van der Waals surface area (Å²) in [6, 6.07) is 4.59. The fourth-order valence-electron chi connectivity index (χ4n) is 1.78. The van der Waals surface area contributed by atoms with Gasteiger partial charge in [-0.05, 0) is 26.0 Å². The van der Waals surface area contributed by atoms with Crippen LogP contribution in [0.2, 0.25) is 0 Å². The van der Waals surface area contributed by atoms with E-state index in [1.54, 1.807) is 18.2 Å². The standard InChI is InChI=1S/C14H16N2O3S/c1-8-7-20-14(15-8)9(2)16-13(18)10-5-4-6-11(19-3)12(10)17/h4-7,9,17H,1-3H3,(H,16,18). The number of hydrogen-bond donors (Lipinski definition) is 2. The van der Waals surface area contributed by atoms with E-state index in [2.05, 4.69) is 10.3 Å². The van der Waals surface area contributed by atoms with Crippen molar-refractivity contribution in [3.8, 4) is 11.5 Å². The second-order valence-electron chi connectivity index (χ2n) is 4.38. The molecule has 1 atom stereocenters. The summed E-state index contributed by atoms with van der Waals surface area (Å²) in [5.41, 5.74) is 1.11. The Kier molecular flexibility index (Phi) is 4.24. The number of aryl methyl sites for hydroxylation is 1. The number of benzene rings is 1. The van der Waals surface area contributed by atoms with Crippen LogP contribution in [0, 0.1) is 6.92 Å². The first-order valence-corrected chi connectivity index (χ1v) is 6.99. The van der Waals surface area contributed by atoms with Crippen LogP contribution in [0.5, 0.6) is 11.5 Å². The summed E-state index contributed by atoms with van der Waals surface area (Å²) >= 11 is 1.49. The van der Waals surface area contributed by atoms with Gasteiger partial charge in [0.15, 0.2) is 11.5 Å². The second-order valence-corrected chi connectivity index (χ2v) is 5.27. The Balaban J connectivity index is 2.16. The zero-order valence-electron chi connectivity index (χ0n) is 11.5. The zero-order chi connectivity index (χ0) is 14.7. The number of ether oxygens (including phenoxy) is 1. The van der Waals surface area contributed by atoms with Crippen molar-refractivity contribution in [3.05, 3.63) is 39.8 Å². The molecule has 20 heavy (non-hydrogen) atoms. The molecule has 2 rings (SSSR count). The summed E-state index contributed by atoms with van der Waals surface area (Å²) in [4.78, 5) is 16.5. The molecule has 0 aliphatic carbocycles. The van der Waals surface area contributed by atoms with E-state index in [0.29, 0.717) is 0 Å². The van der Waals surface area contributed by atoms with Gasteiger partial charge in [-0.15, -0.1) is 11.3 Å². The molecule has 0 spiro atoms. The van der Waals surface area contributed by atoms with E-state index < -0.39 is 0 Å². The van der Waals surface area contributed by atoms with E-state index in [9.17, 15) is 9.90 Å². The van der Waals surface area contributed by atoms with Crippen LogP contribution in [0.15, 0.2) is 23.6 Å². The first-order chi connectivity index (χ1) is 9.52. The van der Waals surface area contributed by atoms with Crippen molar-refractivity contribution in [2.24, 2.45) is 0 Å². The molecule has 1 aromatic heterocycles. The number of amides is 1. The molecule has 0 aliphatic rings. The van der Waals surface area contributed by atoms with E-state index in [1.165, 1.54) is 18.4 Å². The zero-order valence-corrected chi connectivity index (χ0v) is 12.3. The van der Waals surface area contributed by atoms with Gasteiger partial charge in [-0.2, -0.15) is 0 Å². The first-order valence-electron chi connectivity index (χ1n) is 6.11. The number of aromatic hydroxyl groups is 1. The molecule has 0 radical (unpaired) electrons. The number of nitrogens with zero attached hydrogens (tertiary/aromatic N) is 1. The highest BCUT2D eigenvalue weighted by molar-refractivity contribution is 7.09. The van der Waals surface area contributed by atoms with Crippen molar-refractivity contribution in [2.45, 2.75) is 19.9 Å². The topological polar surface area (TPSA) is 71.5 Å². The summed E-state index contributed by atoms with van der Waals surface area (Å²) in [5, 5.41) is 15.5. The van der Waals surface area contributed by atoms with Gasteiger partial charge in [-0.1, -0.05) is 6.07 Å². The van der Waals surface area contributed by atoms with E-state index in [1.807, 2.05) is 19.2 Å². The lowest BCUT2D eigenvalue weighted by Gasteiger charge is -2.13. The van der Waals surface area contributed by atoms with Gasteiger partial charge >= 0.3 is 0 Å². The van der Waals surface area contributed by atoms with Crippen LogP contribution < -0.4 is 10.1 Å². The number of carbonyl (C=O) groups is 1. The molecular formula is C14H16N2O3S. The fourth-order valence-corrected chi connectivity index (χ4v) is 2.58. The van der Waals surface area contributed by atoms with E-state index in [-0.39, 0.29) is 29.0 Å². The summed E-state index contributed by atoms with van der Waals surface area (Å²) in [7, 11) is 1.44. The molecule has 0 fully saturated rings. The molecule has 0 saturated carbocycles. The summed E-state index contributed by atoms with van der Waals surface area (Å²) in [6.07, 6.45) is 0. The van der Waals surface area contributed by atoms with Crippen LogP contribution in [-0.2, 0) is 0 Å². The highest BCUT2D eigenvalue weighted by atomic mass is 32.1. The molecule has 1 amide bonds. The van der Waals surface area contributed by atoms with Crippen molar-refractivity contribution in [1.82, 2.24) is 10.3 Å².